The summed E-state index contributed by atoms with van der Waals surface area (Å²) in [5, 5.41) is 14.7. The van der Waals surface area contributed by atoms with Gasteiger partial charge in [0, 0.05) is 12.6 Å². The van der Waals surface area contributed by atoms with Crippen LogP contribution in [0.2, 0.25) is 0 Å². The second-order valence-electron chi connectivity index (χ2n) is 5.42. The van der Waals surface area contributed by atoms with Crippen LogP contribution in [0.25, 0.3) is 0 Å². The van der Waals surface area contributed by atoms with Gasteiger partial charge < -0.3 is 21.0 Å². The zero-order valence-electron chi connectivity index (χ0n) is 12.7. The summed E-state index contributed by atoms with van der Waals surface area (Å²) < 4.78 is 5.89. The molecule has 116 valence electrons. The number of nitrogens with zero attached hydrogens (tertiary/aromatic N) is 1. The molecule has 0 aromatic heterocycles. The van der Waals surface area contributed by atoms with Crippen LogP contribution in [0.3, 0.4) is 0 Å². The number of amidine groups is 1. The summed E-state index contributed by atoms with van der Waals surface area (Å²) in [5.41, 5.74) is 5.42. The van der Waals surface area contributed by atoms with Crippen molar-refractivity contribution in [1.82, 2.24) is 5.32 Å². The van der Waals surface area contributed by atoms with Gasteiger partial charge in [-0.1, -0.05) is 25.9 Å². The summed E-state index contributed by atoms with van der Waals surface area (Å²) in [6, 6.07) is 0.0942. The van der Waals surface area contributed by atoms with E-state index in [0.717, 1.165) is 25.7 Å². The van der Waals surface area contributed by atoms with Crippen molar-refractivity contribution in [3.63, 3.8) is 0 Å². The van der Waals surface area contributed by atoms with Crippen LogP contribution in [0.1, 0.15) is 52.9 Å². The maximum atomic E-state index is 12.2. The second kappa shape index (κ2) is 7.47. The summed E-state index contributed by atoms with van der Waals surface area (Å²) in [7, 11) is 0. The lowest BCUT2D eigenvalue weighted by atomic mass is 9.85. The van der Waals surface area contributed by atoms with Crippen LogP contribution in [0.5, 0.6) is 0 Å². The number of nitrogens with two attached hydrogens (primary N) is 1. The Morgan fingerprint density at radius 1 is 1.50 bits per heavy atom. The van der Waals surface area contributed by atoms with Gasteiger partial charge in [0.15, 0.2) is 5.84 Å². The summed E-state index contributed by atoms with van der Waals surface area (Å²) in [5.74, 6) is -0.773. The van der Waals surface area contributed by atoms with Gasteiger partial charge in [0.25, 0.3) is 0 Å². The van der Waals surface area contributed by atoms with E-state index in [1.54, 1.807) is 0 Å². The van der Waals surface area contributed by atoms with Crippen LogP contribution in [0.15, 0.2) is 5.16 Å². The van der Waals surface area contributed by atoms with Crippen LogP contribution in [-0.2, 0) is 9.53 Å². The fourth-order valence-corrected chi connectivity index (χ4v) is 2.79. The van der Waals surface area contributed by atoms with E-state index in [0.29, 0.717) is 13.0 Å². The Morgan fingerprint density at radius 2 is 2.15 bits per heavy atom. The molecule has 0 aliphatic carbocycles. The molecular formula is C14H27N3O3. The van der Waals surface area contributed by atoms with Crippen LogP contribution >= 0.6 is 0 Å². The Bertz CT molecular complexity index is 354. The number of ether oxygens (including phenoxy) is 1. The topological polar surface area (TPSA) is 96.9 Å². The number of carbonyl (C=O) groups excluding carboxylic acids is 1. The highest BCUT2D eigenvalue weighted by molar-refractivity contribution is 6.02. The number of rotatable bonds is 6. The first-order valence-corrected chi connectivity index (χ1v) is 7.43. The second-order valence-corrected chi connectivity index (χ2v) is 5.42. The van der Waals surface area contributed by atoms with E-state index in [2.05, 4.69) is 24.3 Å². The van der Waals surface area contributed by atoms with E-state index >= 15 is 0 Å². The van der Waals surface area contributed by atoms with Crippen molar-refractivity contribution in [1.29, 1.82) is 0 Å². The van der Waals surface area contributed by atoms with E-state index < -0.39 is 5.92 Å². The fraction of sp³-hybridized carbons (Fsp3) is 0.857. The molecule has 6 heteroatoms. The molecule has 2 atom stereocenters. The van der Waals surface area contributed by atoms with E-state index in [9.17, 15) is 4.79 Å². The number of nitrogens with one attached hydrogen (secondary N) is 1. The molecule has 1 aliphatic heterocycles. The quantitative estimate of drug-likeness (QED) is 0.299. The van der Waals surface area contributed by atoms with Crippen LogP contribution < -0.4 is 11.1 Å². The van der Waals surface area contributed by atoms with Crippen molar-refractivity contribution < 1.29 is 14.7 Å². The third-order valence-corrected chi connectivity index (χ3v) is 4.33. The van der Waals surface area contributed by atoms with E-state index in [1.165, 1.54) is 0 Å². The fourth-order valence-electron chi connectivity index (χ4n) is 2.79. The SMILES string of the molecule is CCC(C(=O)NC1CCOC(CC)(CC)C1)C(N)=NO. The summed E-state index contributed by atoms with van der Waals surface area (Å²) in [6.07, 6.45) is 4.01. The maximum Gasteiger partial charge on any atom is 0.231 e. The normalized spacial score (nSPS) is 24.1. The molecule has 0 saturated carbocycles. The van der Waals surface area contributed by atoms with Gasteiger partial charge in [0.05, 0.1) is 11.5 Å². The van der Waals surface area contributed by atoms with Gasteiger partial charge in [-0.2, -0.15) is 0 Å². The van der Waals surface area contributed by atoms with Gasteiger partial charge >= 0.3 is 0 Å². The minimum atomic E-state index is -0.569. The zero-order valence-corrected chi connectivity index (χ0v) is 12.7. The van der Waals surface area contributed by atoms with Crippen molar-refractivity contribution in [2.24, 2.45) is 16.8 Å². The molecule has 0 aromatic carbocycles. The highest BCUT2D eigenvalue weighted by Crippen LogP contribution is 2.31. The summed E-state index contributed by atoms with van der Waals surface area (Å²) >= 11 is 0. The van der Waals surface area contributed by atoms with Gasteiger partial charge in [-0.05, 0) is 32.1 Å². The van der Waals surface area contributed by atoms with Crippen molar-refractivity contribution in [2.45, 2.75) is 64.5 Å². The van der Waals surface area contributed by atoms with Crippen molar-refractivity contribution in [3.8, 4) is 0 Å². The summed E-state index contributed by atoms with van der Waals surface area (Å²) in [4.78, 5) is 12.2. The largest absolute Gasteiger partial charge is 0.409 e. The first kappa shape index (κ1) is 16.8. The van der Waals surface area contributed by atoms with Crippen LogP contribution in [0.4, 0.5) is 0 Å². The highest BCUT2D eigenvalue weighted by atomic mass is 16.5. The minimum absolute atomic E-state index is 0.0331. The zero-order chi connectivity index (χ0) is 15.2. The molecule has 1 fully saturated rings. The van der Waals surface area contributed by atoms with E-state index in [4.69, 9.17) is 15.7 Å². The van der Waals surface area contributed by atoms with Crippen LogP contribution in [-0.4, -0.2) is 35.2 Å². The third-order valence-electron chi connectivity index (χ3n) is 4.33. The molecule has 0 aromatic rings. The Kier molecular flexibility index (Phi) is 6.26. The first-order valence-electron chi connectivity index (χ1n) is 7.43. The van der Waals surface area contributed by atoms with Gasteiger partial charge in [-0.3, -0.25) is 4.79 Å². The Labute approximate surface area is 120 Å². The molecule has 2 unspecified atom stereocenters. The van der Waals surface area contributed by atoms with Gasteiger partial charge in [0.1, 0.15) is 0 Å². The van der Waals surface area contributed by atoms with Crippen LogP contribution in [0, 0.1) is 5.92 Å². The molecule has 6 nitrogen and oxygen atoms in total. The molecular weight excluding hydrogens is 258 g/mol. The number of hydrogen-bond donors (Lipinski definition) is 3. The van der Waals surface area contributed by atoms with Crippen molar-refractivity contribution in [2.75, 3.05) is 6.61 Å². The highest BCUT2D eigenvalue weighted by Gasteiger charge is 2.36. The minimum Gasteiger partial charge on any atom is -0.409 e. The number of hydrogen-bond acceptors (Lipinski definition) is 4. The smallest absolute Gasteiger partial charge is 0.231 e. The van der Waals surface area contributed by atoms with E-state index in [-0.39, 0.29) is 23.4 Å². The lowest BCUT2D eigenvalue weighted by Crippen LogP contribution is -2.50. The number of amides is 1. The van der Waals surface area contributed by atoms with Gasteiger partial charge in [-0.15, -0.1) is 0 Å². The molecule has 1 rings (SSSR count). The first-order chi connectivity index (χ1) is 9.51. The predicted octanol–water partition coefficient (Wildman–Crippen LogP) is 1.61. The maximum absolute atomic E-state index is 12.2. The number of carbonyl (C=O) groups is 1. The van der Waals surface area contributed by atoms with Gasteiger partial charge in [0.2, 0.25) is 5.91 Å². The molecule has 1 heterocycles. The molecule has 0 radical (unpaired) electrons. The van der Waals surface area contributed by atoms with Crippen molar-refractivity contribution >= 4 is 11.7 Å². The molecule has 1 saturated heterocycles. The average Bonchev–Trinajstić information content (AvgIpc) is 2.47. The molecule has 4 N–H and O–H groups in total. The molecule has 1 aliphatic rings. The lowest BCUT2D eigenvalue weighted by molar-refractivity contribution is -0.128. The molecule has 1 amide bonds. The van der Waals surface area contributed by atoms with Crippen molar-refractivity contribution in [3.05, 3.63) is 0 Å². The third kappa shape index (κ3) is 3.85. The standard InChI is InChI=1S/C14H27N3O3/c1-4-11(12(15)17-19)13(18)16-10-7-8-20-14(5-2,6-3)9-10/h10-11,19H,4-9H2,1-3H3,(H2,15,17)(H,16,18). The molecule has 0 bridgehead atoms. The Morgan fingerprint density at radius 3 is 2.65 bits per heavy atom. The Balaban J connectivity index is 2.65. The molecule has 20 heavy (non-hydrogen) atoms. The van der Waals surface area contributed by atoms with Gasteiger partial charge in [-0.25, -0.2) is 0 Å². The lowest BCUT2D eigenvalue weighted by Gasteiger charge is -2.40. The monoisotopic (exact) mass is 285 g/mol. The average molecular weight is 285 g/mol. The number of oxime groups is 1. The Hall–Kier alpha value is -1.30. The molecule has 0 spiro atoms. The predicted molar refractivity (Wildman–Crippen MR) is 77.6 cm³/mol. The van der Waals surface area contributed by atoms with E-state index in [1.807, 2.05) is 6.92 Å². The summed E-state index contributed by atoms with van der Waals surface area (Å²) in [6.45, 7) is 6.72.